The van der Waals surface area contributed by atoms with Crippen LogP contribution in [0.5, 0.6) is 0 Å². The summed E-state index contributed by atoms with van der Waals surface area (Å²) in [5.74, 6) is 0. The summed E-state index contributed by atoms with van der Waals surface area (Å²) in [6.45, 7) is 1.68. The molecule has 8 heavy (non-hydrogen) atoms. The van der Waals surface area contributed by atoms with Crippen molar-refractivity contribution < 1.29 is 4.74 Å². The summed E-state index contributed by atoms with van der Waals surface area (Å²) in [5, 5.41) is 0. The predicted molar refractivity (Wildman–Crippen MR) is 34.8 cm³/mol. The van der Waals surface area contributed by atoms with E-state index in [-0.39, 0.29) is 0 Å². The van der Waals surface area contributed by atoms with E-state index in [0.29, 0.717) is 0 Å². The van der Waals surface area contributed by atoms with Gasteiger partial charge in [-0.1, -0.05) is 0 Å². The minimum Gasteiger partial charge on any atom is -0.385 e. The molecule has 0 aromatic rings. The first-order valence-corrected chi connectivity index (χ1v) is 3.11. The Kier molecular flexibility index (Phi) is 6.85. The molecule has 0 aliphatic rings. The standard InChI is InChI=1S/C6H15NO/c1-8-6-4-2-3-5-7/h2-7H2,1H3. The molecule has 0 radical (unpaired) electrons. The van der Waals surface area contributed by atoms with Gasteiger partial charge in [0.1, 0.15) is 0 Å². The van der Waals surface area contributed by atoms with Crippen LogP contribution < -0.4 is 5.73 Å². The Hall–Kier alpha value is -0.0800. The number of ether oxygens (including phenoxy) is 1. The summed E-state index contributed by atoms with van der Waals surface area (Å²) in [7, 11) is 1.72. The molecule has 50 valence electrons. The van der Waals surface area contributed by atoms with Gasteiger partial charge in [-0.25, -0.2) is 0 Å². The smallest absolute Gasteiger partial charge is 0.0462 e. The Bertz CT molecular complexity index is 33.5. The third-order valence-electron chi connectivity index (χ3n) is 1.05. The molecule has 0 rings (SSSR count). The molecule has 0 fully saturated rings. The Morgan fingerprint density at radius 1 is 1.25 bits per heavy atom. The first-order chi connectivity index (χ1) is 3.91. The van der Waals surface area contributed by atoms with E-state index < -0.39 is 0 Å². The minimum absolute atomic E-state index is 0.809. The number of unbranched alkanes of at least 4 members (excludes halogenated alkanes) is 2. The van der Waals surface area contributed by atoms with E-state index in [1.807, 2.05) is 0 Å². The van der Waals surface area contributed by atoms with E-state index in [9.17, 15) is 0 Å². The normalized spacial score (nSPS) is 9.75. The summed E-state index contributed by atoms with van der Waals surface area (Å²) in [6.07, 6.45) is 3.47. The second-order valence-corrected chi connectivity index (χ2v) is 1.84. The third-order valence-corrected chi connectivity index (χ3v) is 1.05. The van der Waals surface area contributed by atoms with Gasteiger partial charge in [0, 0.05) is 13.7 Å². The molecule has 0 saturated carbocycles. The molecule has 0 saturated heterocycles. The van der Waals surface area contributed by atoms with Crippen molar-refractivity contribution in [3.05, 3.63) is 0 Å². The largest absolute Gasteiger partial charge is 0.385 e. The lowest BCUT2D eigenvalue weighted by atomic mass is 10.2. The SMILES string of the molecule is COCCCCCN. The molecular formula is C6H15NO. The summed E-state index contributed by atoms with van der Waals surface area (Å²) < 4.78 is 4.85. The van der Waals surface area contributed by atoms with Crippen LogP contribution in [0, 0.1) is 0 Å². The highest BCUT2D eigenvalue weighted by atomic mass is 16.5. The van der Waals surface area contributed by atoms with Crippen LogP contribution in [0.4, 0.5) is 0 Å². The van der Waals surface area contributed by atoms with Gasteiger partial charge in [-0.05, 0) is 25.8 Å². The van der Waals surface area contributed by atoms with Crippen LogP contribution in [0.25, 0.3) is 0 Å². The van der Waals surface area contributed by atoms with Crippen LogP contribution in [0.3, 0.4) is 0 Å². The van der Waals surface area contributed by atoms with E-state index in [0.717, 1.165) is 26.0 Å². The molecule has 0 spiro atoms. The molecule has 2 nitrogen and oxygen atoms in total. The zero-order valence-corrected chi connectivity index (χ0v) is 5.52. The van der Waals surface area contributed by atoms with Gasteiger partial charge in [0.2, 0.25) is 0 Å². The first-order valence-electron chi connectivity index (χ1n) is 3.11. The number of nitrogens with two attached hydrogens (primary N) is 1. The topological polar surface area (TPSA) is 35.2 Å². The fourth-order valence-electron chi connectivity index (χ4n) is 0.568. The molecule has 0 atom stereocenters. The van der Waals surface area contributed by atoms with Crippen molar-refractivity contribution in [2.75, 3.05) is 20.3 Å². The maximum Gasteiger partial charge on any atom is 0.0462 e. The lowest BCUT2D eigenvalue weighted by Gasteiger charge is -1.95. The van der Waals surface area contributed by atoms with Crippen molar-refractivity contribution in [2.45, 2.75) is 19.3 Å². The number of rotatable bonds is 5. The maximum atomic E-state index is 5.27. The molecule has 2 N–H and O–H groups in total. The zero-order chi connectivity index (χ0) is 6.24. The molecule has 2 heteroatoms. The number of methoxy groups -OCH3 is 1. The molecule has 0 aromatic heterocycles. The van der Waals surface area contributed by atoms with Gasteiger partial charge < -0.3 is 10.5 Å². The van der Waals surface area contributed by atoms with Crippen molar-refractivity contribution in [1.82, 2.24) is 0 Å². The lowest BCUT2D eigenvalue weighted by molar-refractivity contribution is 0.192. The number of hydrogen-bond acceptors (Lipinski definition) is 2. The van der Waals surface area contributed by atoms with Crippen molar-refractivity contribution >= 4 is 0 Å². The van der Waals surface area contributed by atoms with Crippen molar-refractivity contribution in [3.8, 4) is 0 Å². The average molecular weight is 117 g/mol. The van der Waals surface area contributed by atoms with Crippen molar-refractivity contribution in [1.29, 1.82) is 0 Å². The van der Waals surface area contributed by atoms with E-state index in [4.69, 9.17) is 10.5 Å². The van der Waals surface area contributed by atoms with E-state index in [2.05, 4.69) is 0 Å². The van der Waals surface area contributed by atoms with Crippen LogP contribution in [-0.4, -0.2) is 20.3 Å². The minimum atomic E-state index is 0.809. The molecule has 0 bridgehead atoms. The van der Waals surface area contributed by atoms with Crippen LogP contribution >= 0.6 is 0 Å². The van der Waals surface area contributed by atoms with Crippen LogP contribution in [0.15, 0.2) is 0 Å². The molecule has 0 amide bonds. The van der Waals surface area contributed by atoms with Crippen molar-refractivity contribution in [3.63, 3.8) is 0 Å². The molecule has 0 unspecified atom stereocenters. The fourth-order valence-corrected chi connectivity index (χ4v) is 0.568. The van der Waals surface area contributed by atoms with Crippen LogP contribution in [0.2, 0.25) is 0 Å². The summed E-state index contributed by atoms with van der Waals surface area (Å²) in [6, 6.07) is 0. The maximum absolute atomic E-state index is 5.27. The Morgan fingerprint density at radius 2 is 2.00 bits per heavy atom. The predicted octanol–water partition coefficient (Wildman–Crippen LogP) is 0.762. The molecular weight excluding hydrogens is 102 g/mol. The van der Waals surface area contributed by atoms with Gasteiger partial charge in [0.25, 0.3) is 0 Å². The van der Waals surface area contributed by atoms with E-state index in [1.165, 1.54) is 6.42 Å². The second kappa shape index (κ2) is 6.92. The second-order valence-electron chi connectivity index (χ2n) is 1.84. The van der Waals surface area contributed by atoms with E-state index in [1.54, 1.807) is 7.11 Å². The Labute approximate surface area is 51.0 Å². The quantitative estimate of drug-likeness (QED) is 0.539. The van der Waals surface area contributed by atoms with E-state index >= 15 is 0 Å². The Morgan fingerprint density at radius 3 is 2.50 bits per heavy atom. The molecule has 0 aliphatic heterocycles. The van der Waals surface area contributed by atoms with Gasteiger partial charge in [-0.2, -0.15) is 0 Å². The highest BCUT2D eigenvalue weighted by Crippen LogP contribution is 1.91. The molecule has 0 aliphatic carbocycles. The Balaban J connectivity index is 2.53. The van der Waals surface area contributed by atoms with Gasteiger partial charge >= 0.3 is 0 Å². The number of hydrogen-bond donors (Lipinski definition) is 1. The summed E-state index contributed by atoms with van der Waals surface area (Å²) in [4.78, 5) is 0. The monoisotopic (exact) mass is 117 g/mol. The van der Waals surface area contributed by atoms with Gasteiger partial charge in [-0.3, -0.25) is 0 Å². The third kappa shape index (κ3) is 5.92. The highest BCUT2D eigenvalue weighted by molar-refractivity contribution is 4.39. The molecule has 0 heterocycles. The highest BCUT2D eigenvalue weighted by Gasteiger charge is 1.83. The summed E-state index contributed by atoms with van der Waals surface area (Å²) >= 11 is 0. The van der Waals surface area contributed by atoms with Crippen molar-refractivity contribution in [2.24, 2.45) is 5.73 Å². The lowest BCUT2D eigenvalue weighted by Crippen LogP contribution is -1.98. The first kappa shape index (κ1) is 7.92. The molecule has 0 aromatic carbocycles. The average Bonchev–Trinajstić information content (AvgIpc) is 1.81. The van der Waals surface area contributed by atoms with Gasteiger partial charge in [0.15, 0.2) is 0 Å². The van der Waals surface area contributed by atoms with Gasteiger partial charge in [-0.15, -0.1) is 0 Å². The fraction of sp³-hybridized carbons (Fsp3) is 1.00. The van der Waals surface area contributed by atoms with Crippen LogP contribution in [0.1, 0.15) is 19.3 Å². The summed E-state index contributed by atoms with van der Waals surface area (Å²) in [5.41, 5.74) is 5.27. The zero-order valence-electron chi connectivity index (χ0n) is 5.52. The van der Waals surface area contributed by atoms with Gasteiger partial charge in [0.05, 0.1) is 0 Å². The van der Waals surface area contributed by atoms with Crippen LogP contribution in [-0.2, 0) is 4.74 Å².